The molecule has 0 radical (unpaired) electrons. The lowest BCUT2D eigenvalue weighted by Gasteiger charge is -2.24. The van der Waals surface area contributed by atoms with Crippen LogP contribution in [0.15, 0.2) is 182 Å². The van der Waals surface area contributed by atoms with Gasteiger partial charge in [-0.15, -0.1) is 0 Å². The Labute approximate surface area is 331 Å². The van der Waals surface area contributed by atoms with Crippen molar-refractivity contribution in [3.8, 4) is 67.5 Å². The fraction of sp³-hybridized carbons (Fsp3) is 0.0566. The molecule has 57 heavy (non-hydrogen) atoms. The van der Waals surface area contributed by atoms with E-state index >= 15 is 0 Å². The van der Waals surface area contributed by atoms with Gasteiger partial charge in [0.15, 0.2) is 17.5 Å². The molecule has 10 aromatic rings. The summed E-state index contributed by atoms with van der Waals surface area (Å²) in [5.41, 5.74) is 12.7. The van der Waals surface area contributed by atoms with Gasteiger partial charge in [-0.05, 0) is 89.0 Å². The zero-order valence-electron chi connectivity index (χ0n) is 31.6. The predicted molar refractivity (Wildman–Crippen MR) is 235 cm³/mol. The average Bonchev–Trinajstić information content (AvgIpc) is 3.52. The molecule has 8 aromatic carbocycles. The first-order valence-corrected chi connectivity index (χ1v) is 19.5. The molecular formula is C53H36N4. The van der Waals surface area contributed by atoms with Crippen molar-refractivity contribution in [2.45, 2.75) is 19.3 Å². The Morgan fingerprint density at radius 1 is 0.368 bits per heavy atom. The maximum atomic E-state index is 5.02. The van der Waals surface area contributed by atoms with E-state index in [0.29, 0.717) is 17.5 Å². The largest absolute Gasteiger partial charge is 0.264 e. The molecule has 4 heteroatoms. The number of rotatable bonds is 5. The smallest absolute Gasteiger partial charge is 0.164 e. The number of hydrogen-bond donors (Lipinski definition) is 0. The summed E-state index contributed by atoms with van der Waals surface area (Å²) < 4.78 is 0. The molecule has 1 aliphatic carbocycles. The number of fused-ring (bicyclic) bond motifs is 10. The van der Waals surface area contributed by atoms with Gasteiger partial charge < -0.3 is 0 Å². The molecule has 0 atom stereocenters. The average molecular weight is 729 g/mol. The molecule has 2 aromatic heterocycles. The molecule has 0 amide bonds. The first kappa shape index (κ1) is 33.1. The SMILES string of the molecule is CC1(C)c2ccccc2-c2ccc3c4ccc(-c5ccc(-c6nc(-c7ccccc7)nc(-c7ccc(-c8cccnc8)cc7)n6)cc5)cc4c4ccccc4c3c21. The van der Waals surface area contributed by atoms with Crippen molar-refractivity contribution in [2.24, 2.45) is 0 Å². The summed E-state index contributed by atoms with van der Waals surface area (Å²) >= 11 is 0. The minimum atomic E-state index is -0.102. The van der Waals surface area contributed by atoms with E-state index in [2.05, 4.69) is 152 Å². The van der Waals surface area contributed by atoms with Crippen LogP contribution in [-0.2, 0) is 5.41 Å². The molecule has 2 heterocycles. The second-order valence-corrected chi connectivity index (χ2v) is 15.5. The molecule has 0 unspecified atom stereocenters. The minimum absolute atomic E-state index is 0.102. The summed E-state index contributed by atoms with van der Waals surface area (Å²) in [7, 11) is 0. The molecule has 0 N–H and O–H groups in total. The van der Waals surface area contributed by atoms with Crippen LogP contribution in [0.2, 0.25) is 0 Å². The summed E-state index contributed by atoms with van der Waals surface area (Å²) in [4.78, 5) is 19.2. The van der Waals surface area contributed by atoms with Crippen molar-refractivity contribution in [2.75, 3.05) is 0 Å². The van der Waals surface area contributed by atoms with Crippen molar-refractivity contribution >= 4 is 32.3 Å². The van der Waals surface area contributed by atoms with Crippen LogP contribution in [0.1, 0.15) is 25.0 Å². The quantitative estimate of drug-likeness (QED) is 0.166. The summed E-state index contributed by atoms with van der Waals surface area (Å²) in [6, 6.07) is 60.5. The Balaban J connectivity index is 0.999. The highest BCUT2D eigenvalue weighted by atomic mass is 15.0. The van der Waals surface area contributed by atoms with Gasteiger partial charge in [-0.1, -0.05) is 172 Å². The van der Waals surface area contributed by atoms with Gasteiger partial charge in [0.25, 0.3) is 0 Å². The number of benzene rings is 8. The predicted octanol–water partition coefficient (Wildman–Crippen LogP) is 13.4. The molecule has 0 saturated carbocycles. The molecule has 0 spiro atoms. The lowest BCUT2D eigenvalue weighted by molar-refractivity contribution is 0.666. The monoisotopic (exact) mass is 728 g/mol. The fourth-order valence-electron chi connectivity index (χ4n) is 9.00. The molecule has 1 aliphatic rings. The second-order valence-electron chi connectivity index (χ2n) is 15.5. The Morgan fingerprint density at radius 2 is 0.877 bits per heavy atom. The van der Waals surface area contributed by atoms with Crippen LogP contribution in [-0.4, -0.2) is 19.9 Å². The van der Waals surface area contributed by atoms with E-state index in [1.165, 1.54) is 60.1 Å². The standard InChI is InChI=1S/C53H36N4/c1-53(2)47-17-9-8-15-42(47)45-29-28-44-41-27-26-38(31-46(41)40-14-6-7-16-43(40)48(44)49(45)53)33-18-22-36(23-19-33)51-55-50(35-11-4-3-5-12-35)56-52(57-51)37-24-20-34(21-25-37)39-13-10-30-54-32-39/h3-32H,1-2H3. The zero-order valence-corrected chi connectivity index (χ0v) is 31.6. The van der Waals surface area contributed by atoms with Gasteiger partial charge in [0.1, 0.15) is 0 Å². The molecule has 4 nitrogen and oxygen atoms in total. The third kappa shape index (κ3) is 5.37. The van der Waals surface area contributed by atoms with Crippen LogP contribution >= 0.6 is 0 Å². The van der Waals surface area contributed by atoms with Gasteiger partial charge in [0.2, 0.25) is 0 Å². The van der Waals surface area contributed by atoms with Crippen molar-refractivity contribution in [1.29, 1.82) is 0 Å². The van der Waals surface area contributed by atoms with Crippen molar-refractivity contribution < 1.29 is 0 Å². The molecule has 11 rings (SSSR count). The van der Waals surface area contributed by atoms with Gasteiger partial charge in [0, 0.05) is 34.5 Å². The number of nitrogens with zero attached hydrogens (tertiary/aromatic N) is 4. The van der Waals surface area contributed by atoms with Crippen molar-refractivity contribution in [3.63, 3.8) is 0 Å². The van der Waals surface area contributed by atoms with Crippen molar-refractivity contribution in [1.82, 2.24) is 19.9 Å². The number of hydrogen-bond acceptors (Lipinski definition) is 4. The molecule has 268 valence electrons. The van der Waals surface area contributed by atoms with Crippen LogP contribution < -0.4 is 0 Å². The topological polar surface area (TPSA) is 51.6 Å². The summed E-state index contributed by atoms with van der Waals surface area (Å²) in [6.07, 6.45) is 3.66. The highest BCUT2D eigenvalue weighted by Crippen LogP contribution is 2.53. The third-order valence-electron chi connectivity index (χ3n) is 11.8. The summed E-state index contributed by atoms with van der Waals surface area (Å²) in [5, 5.41) is 7.78. The van der Waals surface area contributed by atoms with Crippen LogP contribution in [0.4, 0.5) is 0 Å². The Morgan fingerprint density at radius 3 is 1.56 bits per heavy atom. The van der Waals surface area contributed by atoms with Crippen LogP contribution in [0.5, 0.6) is 0 Å². The van der Waals surface area contributed by atoms with Gasteiger partial charge in [-0.2, -0.15) is 0 Å². The lowest BCUT2D eigenvalue weighted by Crippen LogP contribution is -2.15. The highest BCUT2D eigenvalue weighted by Gasteiger charge is 2.37. The summed E-state index contributed by atoms with van der Waals surface area (Å²) in [5.74, 6) is 1.91. The van der Waals surface area contributed by atoms with E-state index in [0.717, 1.165) is 33.4 Å². The normalized spacial score (nSPS) is 12.9. The van der Waals surface area contributed by atoms with Gasteiger partial charge in [0.05, 0.1) is 0 Å². The van der Waals surface area contributed by atoms with Crippen LogP contribution in [0.3, 0.4) is 0 Å². The van der Waals surface area contributed by atoms with E-state index in [1.807, 2.05) is 42.6 Å². The van der Waals surface area contributed by atoms with Gasteiger partial charge >= 0.3 is 0 Å². The second kappa shape index (κ2) is 12.9. The maximum absolute atomic E-state index is 5.02. The first-order chi connectivity index (χ1) is 28.0. The Bertz CT molecular complexity index is 3150. The van der Waals surface area contributed by atoms with Gasteiger partial charge in [-0.3, -0.25) is 4.98 Å². The van der Waals surface area contributed by atoms with E-state index < -0.39 is 0 Å². The lowest BCUT2D eigenvalue weighted by atomic mass is 9.78. The maximum Gasteiger partial charge on any atom is 0.164 e. The van der Waals surface area contributed by atoms with E-state index in [4.69, 9.17) is 15.0 Å². The Hall–Kier alpha value is -7.30. The fourth-order valence-corrected chi connectivity index (χ4v) is 9.00. The van der Waals surface area contributed by atoms with Gasteiger partial charge in [-0.25, -0.2) is 15.0 Å². The first-order valence-electron chi connectivity index (χ1n) is 19.5. The van der Waals surface area contributed by atoms with Crippen LogP contribution in [0, 0.1) is 0 Å². The molecule has 0 bridgehead atoms. The third-order valence-corrected chi connectivity index (χ3v) is 11.8. The van der Waals surface area contributed by atoms with Crippen LogP contribution in [0.25, 0.3) is 99.9 Å². The minimum Gasteiger partial charge on any atom is -0.264 e. The molecular weight excluding hydrogens is 693 g/mol. The molecule has 0 fully saturated rings. The van der Waals surface area contributed by atoms with E-state index in [1.54, 1.807) is 6.20 Å². The van der Waals surface area contributed by atoms with E-state index in [9.17, 15) is 0 Å². The highest BCUT2D eigenvalue weighted by molar-refractivity contribution is 6.28. The Kier molecular flexibility index (Phi) is 7.48. The number of aromatic nitrogens is 4. The number of pyridine rings is 1. The van der Waals surface area contributed by atoms with Crippen molar-refractivity contribution in [3.05, 3.63) is 193 Å². The summed E-state index contributed by atoms with van der Waals surface area (Å²) in [6.45, 7) is 4.76. The molecule has 0 saturated heterocycles. The van der Waals surface area contributed by atoms with E-state index in [-0.39, 0.29) is 5.41 Å². The molecule has 0 aliphatic heterocycles. The zero-order chi connectivity index (χ0) is 38.1.